The molecule has 0 aromatic carbocycles. The molecule has 0 radical (unpaired) electrons. The van der Waals surface area contributed by atoms with E-state index in [-0.39, 0.29) is 5.71 Å². The second-order valence-corrected chi connectivity index (χ2v) is 2.96. The summed E-state index contributed by atoms with van der Waals surface area (Å²) < 4.78 is 12.3. The fourth-order valence-electron chi connectivity index (χ4n) is 0.808. The molecule has 2 heteroatoms. The Labute approximate surface area is 79.2 Å². The number of rotatable bonds is 5. The van der Waals surface area contributed by atoms with Gasteiger partial charge in [-0.05, 0) is 20.3 Å². The smallest absolute Gasteiger partial charge is 0.116 e. The minimum atomic E-state index is -0.576. The highest BCUT2D eigenvalue weighted by atomic mass is 19.1. The highest BCUT2D eigenvalue weighted by molar-refractivity contribution is 5.96. The van der Waals surface area contributed by atoms with Gasteiger partial charge in [-0.25, -0.2) is 4.39 Å². The lowest BCUT2D eigenvalue weighted by Gasteiger charge is -1.97. The van der Waals surface area contributed by atoms with E-state index in [2.05, 4.69) is 6.58 Å². The Balaban J connectivity index is 4.44. The van der Waals surface area contributed by atoms with Crippen LogP contribution in [0.5, 0.6) is 0 Å². The lowest BCUT2D eigenvalue weighted by molar-refractivity contribution is 0.552. The van der Waals surface area contributed by atoms with Gasteiger partial charge in [0.2, 0.25) is 0 Å². The number of nitrogens with one attached hydrogen (secondary N) is 1. The van der Waals surface area contributed by atoms with Crippen molar-refractivity contribution in [3.63, 3.8) is 0 Å². The molecule has 0 aromatic heterocycles. The molecular formula is C11H16FN. The van der Waals surface area contributed by atoms with Crippen LogP contribution in [-0.2, 0) is 0 Å². The first kappa shape index (κ1) is 11.8. The van der Waals surface area contributed by atoms with E-state index in [0.717, 1.165) is 12.0 Å². The molecule has 0 aliphatic rings. The molecular weight excluding hydrogens is 165 g/mol. The van der Waals surface area contributed by atoms with E-state index in [4.69, 9.17) is 5.41 Å². The van der Waals surface area contributed by atoms with Crippen molar-refractivity contribution in [2.24, 2.45) is 0 Å². The molecule has 13 heavy (non-hydrogen) atoms. The molecule has 0 unspecified atom stereocenters. The van der Waals surface area contributed by atoms with Gasteiger partial charge in [0.1, 0.15) is 6.67 Å². The van der Waals surface area contributed by atoms with E-state index in [9.17, 15) is 4.39 Å². The fraction of sp³-hybridized carbons (Fsp3) is 0.364. The molecule has 0 spiro atoms. The second-order valence-electron chi connectivity index (χ2n) is 2.96. The monoisotopic (exact) mass is 181 g/mol. The van der Waals surface area contributed by atoms with Crippen LogP contribution in [0, 0.1) is 5.41 Å². The average Bonchev–Trinajstić information content (AvgIpc) is 2.05. The second kappa shape index (κ2) is 6.35. The standard InChI is InChI=1S/C11H16FN/c1-4-5-9(2)6-7-11(8-12)10(3)13/h4,6-7,13H,1,5,8H2,2-3H3/b9-6+,11-7+,13-10?. The van der Waals surface area contributed by atoms with E-state index < -0.39 is 6.67 Å². The minimum Gasteiger partial charge on any atom is -0.305 e. The molecule has 0 rings (SSSR count). The van der Waals surface area contributed by atoms with E-state index in [1.807, 2.05) is 13.0 Å². The molecule has 0 atom stereocenters. The molecule has 0 fully saturated rings. The molecule has 0 saturated carbocycles. The first-order valence-electron chi connectivity index (χ1n) is 4.20. The summed E-state index contributed by atoms with van der Waals surface area (Å²) in [6.07, 6.45) is 6.08. The van der Waals surface area contributed by atoms with Crippen LogP contribution >= 0.6 is 0 Å². The summed E-state index contributed by atoms with van der Waals surface area (Å²) in [5.74, 6) is 0. The van der Waals surface area contributed by atoms with Gasteiger partial charge in [0.15, 0.2) is 0 Å². The van der Waals surface area contributed by atoms with Gasteiger partial charge >= 0.3 is 0 Å². The SMILES string of the molecule is C=CC/C(C)=C/C=C(\CF)C(C)=N. The topological polar surface area (TPSA) is 23.9 Å². The normalized spacial score (nSPS) is 12.8. The number of alkyl halides is 1. The predicted molar refractivity (Wildman–Crippen MR) is 56.0 cm³/mol. The van der Waals surface area contributed by atoms with E-state index in [0.29, 0.717) is 5.57 Å². The van der Waals surface area contributed by atoms with Crippen LogP contribution in [0.2, 0.25) is 0 Å². The Morgan fingerprint density at radius 2 is 2.00 bits per heavy atom. The molecule has 1 N–H and O–H groups in total. The van der Waals surface area contributed by atoms with Crippen molar-refractivity contribution in [1.82, 2.24) is 0 Å². The number of hydrogen-bond donors (Lipinski definition) is 1. The quantitative estimate of drug-likeness (QED) is 0.381. The summed E-state index contributed by atoms with van der Waals surface area (Å²) in [5, 5.41) is 7.24. The summed E-state index contributed by atoms with van der Waals surface area (Å²) in [6.45, 7) is 6.57. The van der Waals surface area contributed by atoms with Crippen LogP contribution in [0.4, 0.5) is 4.39 Å². The zero-order valence-corrected chi connectivity index (χ0v) is 8.23. The molecule has 72 valence electrons. The highest BCUT2D eigenvalue weighted by Crippen LogP contribution is 2.04. The predicted octanol–water partition coefficient (Wildman–Crippen LogP) is 3.44. The van der Waals surface area contributed by atoms with Gasteiger partial charge in [0.25, 0.3) is 0 Å². The third-order valence-electron chi connectivity index (χ3n) is 1.66. The van der Waals surface area contributed by atoms with Crippen molar-refractivity contribution in [3.05, 3.63) is 36.0 Å². The summed E-state index contributed by atoms with van der Waals surface area (Å²) in [5.41, 5.74) is 1.83. The maximum absolute atomic E-state index is 12.3. The summed E-state index contributed by atoms with van der Waals surface area (Å²) >= 11 is 0. The van der Waals surface area contributed by atoms with Crippen LogP contribution in [-0.4, -0.2) is 12.4 Å². The van der Waals surface area contributed by atoms with Crippen LogP contribution < -0.4 is 0 Å². The molecule has 0 heterocycles. The molecule has 0 aliphatic heterocycles. The van der Waals surface area contributed by atoms with Crippen LogP contribution in [0.1, 0.15) is 20.3 Å². The summed E-state index contributed by atoms with van der Waals surface area (Å²) in [4.78, 5) is 0. The van der Waals surface area contributed by atoms with E-state index >= 15 is 0 Å². The van der Waals surface area contributed by atoms with Gasteiger partial charge in [0, 0.05) is 11.3 Å². The Bertz CT molecular complexity index is 249. The zero-order chi connectivity index (χ0) is 10.3. The third kappa shape index (κ3) is 5.12. The largest absolute Gasteiger partial charge is 0.305 e. The molecule has 0 saturated heterocycles. The van der Waals surface area contributed by atoms with Gasteiger partial charge < -0.3 is 5.41 Å². The number of allylic oxidation sites excluding steroid dienone is 5. The lowest BCUT2D eigenvalue weighted by atomic mass is 10.1. The van der Waals surface area contributed by atoms with Gasteiger partial charge in [-0.15, -0.1) is 6.58 Å². The highest BCUT2D eigenvalue weighted by Gasteiger charge is 1.96. The van der Waals surface area contributed by atoms with Gasteiger partial charge in [0.05, 0.1) is 0 Å². The minimum absolute atomic E-state index is 0.283. The fourth-order valence-corrected chi connectivity index (χ4v) is 0.808. The van der Waals surface area contributed by atoms with Crippen molar-refractivity contribution >= 4 is 5.71 Å². The van der Waals surface area contributed by atoms with Gasteiger partial charge in [-0.3, -0.25) is 0 Å². The van der Waals surface area contributed by atoms with Crippen molar-refractivity contribution in [2.75, 3.05) is 6.67 Å². The van der Waals surface area contributed by atoms with Crippen molar-refractivity contribution in [1.29, 1.82) is 5.41 Å². The Hall–Kier alpha value is -1.18. The zero-order valence-electron chi connectivity index (χ0n) is 8.23. The Morgan fingerprint density at radius 1 is 1.38 bits per heavy atom. The van der Waals surface area contributed by atoms with Crippen molar-refractivity contribution in [3.8, 4) is 0 Å². The van der Waals surface area contributed by atoms with E-state index in [1.165, 1.54) is 0 Å². The average molecular weight is 181 g/mol. The van der Waals surface area contributed by atoms with E-state index in [1.54, 1.807) is 19.1 Å². The van der Waals surface area contributed by atoms with Crippen LogP contribution in [0.3, 0.4) is 0 Å². The Kier molecular flexibility index (Phi) is 5.77. The summed E-state index contributed by atoms with van der Waals surface area (Å²) in [6, 6.07) is 0. The molecule has 0 amide bonds. The molecule has 0 aliphatic carbocycles. The third-order valence-corrected chi connectivity index (χ3v) is 1.66. The van der Waals surface area contributed by atoms with Crippen LogP contribution in [0.25, 0.3) is 0 Å². The van der Waals surface area contributed by atoms with Gasteiger partial charge in [-0.1, -0.05) is 23.8 Å². The first-order chi connectivity index (χ1) is 6.11. The van der Waals surface area contributed by atoms with Crippen molar-refractivity contribution < 1.29 is 4.39 Å². The maximum atomic E-state index is 12.3. The molecule has 1 nitrogen and oxygen atoms in total. The lowest BCUT2D eigenvalue weighted by Crippen LogP contribution is -1.96. The summed E-state index contributed by atoms with van der Waals surface area (Å²) in [7, 11) is 0. The first-order valence-corrected chi connectivity index (χ1v) is 4.20. The number of hydrogen-bond acceptors (Lipinski definition) is 1. The van der Waals surface area contributed by atoms with Crippen molar-refractivity contribution in [2.45, 2.75) is 20.3 Å². The van der Waals surface area contributed by atoms with Crippen LogP contribution in [0.15, 0.2) is 36.0 Å². The maximum Gasteiger partial charge on any atom is 0.116 e. The van der Waals surface area contributed by atoms with Gasteiger partial charge in [-0.2, -0.15) is 0 Å². The Morgan fingerprint density at radius 3 is 2.38 bits per heavy atom. The molecule has 0 aromatic rings. The number of halogens is 1. The molecule has 0 bridgehead atoms.